The molecule has 0 aliphatic carbocycles. The Morgan fingerprint density at radius 2 is 1.89 bits per heavy atom. The van der Waals surface area contributed by atoms with Gasteiger partial charge in [0, 0.05) is 18.7 Å². The lowest BCUT2D eigenvalue weighted by Gasteiger charge is -2.05. The molecule has 0 saturated carbocycles. The second kappa shape index (κ2) is 4.46. The van der Waals surface area contributed by atoms with E-state index < -0.39 is 11.6 Å². The van der Waals surface area contributed by atoms with Crippen molar-refractivity contribution in [3.63, 3.8) is 0 Å². The van der Waals surface area contributed by atoms with Crippen LogP contribution in [0.4, 0.5) is 8.78 Å². The Labute approximate surface area is 109 Å². The van der Waals surface area contributed by atoms with Crippen molar-refractivity contribution in [3.05, 3.63) is 65.5 Å². The van der Waals surface area contributed by atoms with Gasteiger partial charge in [-0.15, -0.1) is 0 Å². The van der Waals surface area contributed by atoms with Gasteiger partial charge in [-0.2, -0.15) is 0 Å². The Morgan fingerprint density at radius 1 is 1.11 bits per heavy atom. The minimum atomic E-state index is -0.867. The fraction of sp³-hybridized carbons (Fsp3) is 0.133. The zero-order valence-corrected chi connectivity index (χ0v) is 10.4. The number of nitrogens with zero attached hydrogens (tertiary/aromatic N) is 2. The van der Waals surface area contributed by atoms with Crippen molar-refractivity contribution in [2.75, 3.05) is 0 Å². The van der Waals surface area contributed by atoms with Gasteiger partial charge in [0.05, 0.1) is 17.4 Å². The predicted molar refractivity (Wildman–Crippen MR) is 69.9 cm³/mol. The van der Waals surface area contributed by atoms with Crippen LogP contribution in [0, 0.1) is 18.6 Å². The molecule has 1 heterocycles. The Kier molecular flexibility index (Phi) is 2.78. The smallest absolute Gasteiger partial charge is 0.161 e. The van der Waals surface area contributed by atoms with Crippen molar-refractivity contribution in [2.45, 2.75) is 13.5 Å². The zero-order chi connectivity index (χ0) is 13.4. The molecule has 0 amide bonds. The number of hydrogen-bond acceptors (Lipinski definition) is 1. The molecule has 3 aromatic rings. The first kappa shape index (κ1) is 11.8. The molecule has 19 heavy (non-hydrogen) atoms. The highest BCUT2D eigenvalue weighted by atomic mass is 19.2. The first-order chi connectivity index (χ1) is 9.13. The molecular formula is C15H12F2N2. The highest BCUT2D eigenvalue weighted by Crippen LogP contribution is 2.18. The number of benzene rings is 2. The topological polar surface area (TPSA) is 17.8 Å². The maximum atomic E-state index is 13.3. The van der Waals surface area contributed by atoms with Crippen LogP contribution in [0.1, 0.15) is 11.1 Å². The molecule has 0 fully saturated rings. The lowest BCUT2D eigenvalue weighted by Crippen LogP contribution is -1.98. The summed E-state index contributed by atoms with van der Waals surface area (Å²) in [7, 11) is 0. The summed E-state index contributed by atoms with van der Waals surface area (Å²) in [6, 6.07) is 10.4. The summed E-state index contributed by atoms with van der Waals surface area (Å²) in [5, 5.41) is 0. The third kappa shape index (κ3) is 2.21. The molecule has 0 atom stereocenters. The maximum absolute atomic E-state index is 13.3. The van der Waals surface area contributed by atoms with Gasteiger partial charge in [0.2, 0.25) is 0 Å². The molecular weight excluding hydrogens is 246 g/mol. The highest BCUT2D eigenvalue weighted by molar-refractivity contribution is 5.75. The molecule has 4 heteroatoms. The lowest BCUT2D eigenvalue weighted by atomic mass is 10.1. The maximum Gasteiger partial charge on any atom is 0.161 e. The lowest BCUT2D eigenvalue weighted by molar-refractivity contribution is 0.510. The summed E-state index contributed by atoms with van der Waals surface area (Å²) in [5.74, 6) is -1.72. The standard InChI is InChI=1S/C15H12F2N2/c1-10-3-2-4-11(5-10)8-19-9-18-14-6-12(16)13(17)7-15(14)19/h2-7,9H,8H2,1H3. The minimum absolute atomic E-state index is 0.464. The molecule has 2 aromatic carbocycles. The molecule has 3 rings (SSSR count). The van der Waals surface area contributed by atoms with Crippen molar-refractivity contribution in [1.82, 2.24) is 9.55 Å². The molecule has 0 aliphatic rings. The molecule has 0 N–H and O–H groups in total. The van der Waals surface area contributed by atoms with E-state index in [9.17, 15) is 8.78 Å². The van der Waals surface area contributed by atoms with Gasteiger partial charge in [0.1, 0.15) is 0 Å². The quantitative estimate of drug-likeness (QED) is 0.685. The Hall–Kier alpha value is -2.23. The van der Waals surface area contributed by atoms with Crippen molar-refractivity contribution in [2.24, 2.45) is 0 Å². The first-order valence-corrected chi connectivity index (χ1v) is 5.99. The van der Waals surface area contributed by atoms with Crippen LogP contribution in [0.15, 0.2) is 42.7 Å². The van der Waals surface area contributed by atoms with E-state index >= 15 is 0 Å². The van der Waals surface area contributed by atoms with E-state index in [0.29, 0.717) is 17.6 Å². The van der Waals surface area contributed by atoms with Crippen LogP contribution in [-0.2, 0) is 6.54 Å². The summed E-state index contributed by atoms with van der Waals surface area (Å²) in [6.45, 7) is 2.60. The Balaban J connectivity index is 2.04. The normalized spacial score (nSPS) is 11.1. The van der Waals surface area contributed by atoms with Crippen LogP contribution in [0.5, 0.6) is 0 Å². The Morgan fingerprint density at radius 3 is 2.68 bits per heavy atom. The molecule has 96 valence electrons. The molecule has 1 aromatic heterocycles. The van der Waals surface area contributed by atoms with Gasteiger partial charge in [-0.1, -0.05) is 29.8 Å². The summed E-state index contributed by atoms with van der Waals surface area (Å²) in [5.41, 5.74) is 3.33. The van der Waals surface area contributed by atoms with Gasteiger partial charge in [-0.3, -0.25) is 0 Å². The van der Waals surface area contributed by atoms with E-state index in [1.165, 1.54) is 11.6 Å². The minimum Gasteiger partial charge on any atom is -0.326 e. The van der Waals surface area contributed by atoms with Crippen molar-refractivity contribution in [3.8, 4) is 0 Å². The second-order valence-corrected chi connectivity index (χ2v) is 4.62. The van der Waals surface area contributed by atoms with E-state index in [2.05, 4.69) is 11.1 Å². The fourth-order valence-electron chi connectivity index (χ4n) is 2.19. The molecule has 0 bridgehead atoms. The third-order valence-corrected chi connectivity index (χ3v) is 3.10. The van der Waals surface area contributed by atoms with E-state index in [4.69, 9.17) is 0 Å². The number of hydrogen-bond donors (Lipinski definition) is 0. The summed E-state index contributed by atoms with van der Waals surface area (Å²) >= 11 is 0. The van der Waals surface area contributed by atoms with Crippen LogP contribution in [0.3, 0.4) is 0 Å². The molecule has 0 spiro atoms. The summed E-state index contributed by atoms with van der Waals surface area (Å²) in [6.07, 6.45) is 1.60. The second-order valence-electron chi connectivity index (χ2n) is 4.62. The Bertz CT molecular complexity index is 747. The third-order valence-electron chi connectivity index (χ3n) is 3.10. The van der Waals surface area contributed by atoms with Crippen molar-refractivity contribution < 1.29 is 8.78 Å². The van der Waals surface area contributed by atoms with Gasteiger partial charge in [-0.05, 0) is 12.5 Å². The van der Waals surface area contributed by atoms with Gasteiger partial charge in [0.15, 0.2) is 11.6 Å². The number of aryl methyl sites for hydroxylation is 1. The van der Waals surface area contributed by atoms with E-state index in [-0.39, 0.29) is 0 Å². The van der Waals surface area contributed by atoms with E-state index in [0.717, 1.165) is 11.6 Å². The van der Waals surface area contributed by atoms with Crippen molar-refractivity contribution >= 4 is 11.0 Å². The number of rotatable bonds is 2. The van der Waals surface area contributed by atoms with E-state index in [1.54, 1.807) is 6.33 Å². The van der Waals surface area contributed by atoms with Gasteiger partial charge in [0.25, 0.3) is 0 Å². The van der Waals surface area contributed by atoms with Crippen LogP contribution in [-0.4, -0.2) is 9.55 Å². The predicted octanol–water partition coefficient (Wildman–Crippen LogP) is 3.67. The molecule has 0 saturated heterocycles. The molecule has 0 unspecified atom stereocenters. The number of fused-ring (bicyclic) bond motifs is 1. The average Bonchev–Trinajstić information content (AvgIpc) is 2.73. The molecule has 0 radical (unpaired) electrons. The van der Waals surface area contributed by atoms with Crippen LogP contribution < -0.4 is 0 Å². The molecule has 0 aliphatic heterocycles. The zero-order valence-electron chi connectivity index (χ0n) is 10.4. The van der Waals surface area contributed by atoms with Crippen LogP contribution >= 0.6 is 0 Å². The number of aromatic nitrogens is 2. The van der Waals surface area contributed by atoms with Crippen molar-refractivity contribution in [1.29, 1.82) is 0 Å². The SMILES string of the molecule is Cc1cccc(Cn2cnc3cc(F)c(F)cc32)c1. The average molecular weight is 258 g/mol. The number of imidazole rings is 1. The van der Waals surface area contributed by atoms with Gasteiger partial charge < -0.3 is 4.57 Å². The van der Waals surface area contributed by atoms with Gasteiger partial charge >= 0.3 is 0 Å². The van der Waals surface area contributed by atoms with Crippen LogP contribution in [0.25, 0.3) is 11.0 Å². The van der Waals surface area contributed by atoms with Crippen LogP contribution in [0.2, 0.25) is 0 Å². The summed E-state index contributed by atoms with van der Waals surface area (Å²) < 4.78 is 28.2. The fourth-order valence-corrected chi connectivity index (χ4v) is 2.19. The summed E-state index contributed by atoms with van der Waals surface area (Å²) in [4.78, 5) is 4.10. The first-order valence-electron chi connectivity index (χ1n) is 5.99. The van der Waals surface area contributed by atoms with Gasteiger partial charge in [-0.25, -0.2) is 13.8 Å². The molecule has 2 nitrogen and oxygen atoms in total. The largest absolute Gasteiger partial charge is 0.326 e. The van der Waals surface area contributed by atoms with E-state index in [1.807, 2.05) is 29.7 Å². The number of halogens is 2. The monoisotopic (exact) mass is 258 g/mol. The highest BCUT2D eigenvalue weighted by Gasteiger charge is 2.09.